The van der Waals surface area contributed by atoms with Gasteiger partial charge in [-0.2, -0.15) is 4.31 Å². The quantitative estimate of drug-likeness (QED) is 0.919. The topological polar surface area (TPSA) is 66.5 Å². The molecule has 6 heteroatoms. The van der Waals surface area contributed by atoms with Crippen LogP contribution in [0.1, 0.15) is 38.2 Å². The zero-order valence-corrected chi connectivity index (χ0v) is 14.5. The molecule has 2 fully saturated rings. The number of nitrogens with zero attached hydrogens (tertiary/aromatic N) is 1. The van der Waals surface area contributed by atoms with Crippen molar-refractivity contribution in [1.29, 1.82) is 0 Å². The zero-order chi connectivity index (χ0) is 16.6. The summed E-state index contributed by atoms with van der Waals surface area (Å²) in [7, 11) is -3.48. The number of amides is 1. The van der Waals surface area contributed by atoms with Crippen LogP contribution in [0.25, 0.3) is 0 Å². The van der Waals surface area contributed by atoms with Crippen molar-refractivity contribution in [2.24, 2.45) is 11.8 Å². The van der Waals surface area contributed by atoms with Crippen molar-refractivity contribution in [1.82, 2.24) is 4.31 Å². The average Bonchev–Trinajstić information content (AvgIpc) is 3.27. The molecule has 0 bridgehead atoms. The molecule has 23 heavy (non-hydrogen) atoms. The van der Waals surface area contributed by atoms with Gasteiger partial charge in [0.2, 0.25) is 15.9 Å². The Morgan fingerprint density at radius 3 is 2.48 bits per heavy atom. The number of nitrogens with one attached hydrogen (secondary N) is 1. The molecule has 3 rings (SSSR count). The molecule has 1 aromatic carbocycles. The molecular formula is C17H24N2O3S. The van der Waals surface area contributed by atoms with E-state index in [1.807, 2.05) is 6.92 Å². The maximum absolute atomic E-state index is 12.9. The first-order valence-corrected chi connectivity index (χ1v) is 9.75. The lowest BCUT2D eigenvalue weighted by molar-refractivity contribution is -0.117. The number of anilines is 1. The van der Waals surface area contributed by atoms with Gasteiger partial charge in [0.15, 0.2) is 0 Å². The number of hydrogen-bond acceptors (Lipinski definition) is 3. The minimum absolute atomic E-state index is 0.0114. The van der Waals surface area contributed by atoms with Crippen molar-refractivity contribution in [2.45, 2.75) is 44.4 Å². The zero-order valence-electron chi connectivity index (χ0n) is 13.7. The monoisotopic (exact) mass is 336 g/mol. The van der Waals surface area contributed by atoms with E-state index < -0.39 is 10.0 Å². The number of sulfonamides is 1. The van der Waals surface area contributed by atoms with Gasteiger partial charge < -0.3 is 5.32 Å². The lowest BCUT2D eigenvalue weighted by Gasteiger charge is -2.26. The third kappa shape index (κ3) is 3.43. The van der Waals surface area contributed by atoms with Crippen LogP contribution in [0.2, 0.25) is 0 Å². The van der Waals surface area contributed by atoms with Gasteiger partial charge in [0.25, 0.3) is 0 Å². The molecule has 0 radical (unpaired) electrons. The van der Waals surface area contributed by atoms with Gasteiger partial charge in [0.05, 0.1) is 4.90 Å². The molecule has 0 aromatic heterocycles. The molecule has 1 aromatic rings. The minimum atomic E-state index is -3.48. The molecule has 0 spiro atoms. The Morgan fingerprint density at radius 1 is 1.22 bits per heavy atom. The van der Waals surface area contributed by atoms with E-state index in [0.29, 0.717) is 35.2 Å². The third-order valence-corrected chi connectivity index (χ3v) is 6.88. The summed E-state index contributed by atoms with van der Waals surface area (Å²) < 4.78 is 27.3. The fourth-order valence-corrected chi connectivity index (χ4v) is 4.89. The Balaban J connectivity index is 1.83. The summed E-state index contributed by atoms with van der Waals surface area (Å²) in [6, 6.07) is 5.14. The van der Waals surface area contributed by atoms with Crippen molar-refractivity contribution < 1.29 is 13.2 Å². The van der Waals surface area contributed by atoms with Crippen LogP contribution in [0, 0.1) is 18.8 Å². The summed E-state index contributed by atoms with van der Waals surface area (Å²) in [5.74, 6) is 0.484. The molecule has 5 nitrogen and oxygen atoms in total. The summed E-state index contributed by atoms with van der Waals surface area (Å²) in [6.07, 6.45) is 3.82. The van der Waals surface area contributed by atoms with E-state index in [2.05, 4.69) is 5.32 Å². The Kier molecular flexibility index (Phi) is 4.47. The van der Waals surface area contributed by atoms with Crippen LogP contribution in [-0.4, -0.2) is 31.7 Å². The third-order valence-electron chi connectivity index (χ3n) is 4.83. The number of rotatable bonds is 4. The van der Waals surface area contributed by atoms with E-state index >= 15 is 0 Å². The summed E-state index contributed by atoms with van der Waals surface area (Å²) in [4.78, 5) is 12.4. The van der Waals surface area contributed by atoms with Gasteiger partial charge in [-0.1, -0.05) is 19.4 Å². The summed E-state index contributed by atoms with van der Waals surface area (Å²) in [6.45, 7) is 5.01. The molecule has 1 heterocycles. The molecule has 1 amide bonds. The Bertz CT molecular complexity index is 709. The standard InChI is InChI=1S/C17H24N2O3S/c1-12-6-7-14(18-17(20)15-10-13(15)2)11-16(12)23(21,22)19-8-4-3-5-9-19/h6-7,11,13,15H,3-5,8-10H2,1-2H3,(H,18,20). The maximum Gasteiger partial charge on any atom is 0.243 e. The predicted octanol–water partition coefficient (Wildman–Crippen LogP) is 2.76. The van der Waals surface area contributed by atoms with Crippen molar-refractivity contribution in [2.75, 3.05) is 18.4 Å². The SMILES string of the molecule is Cc1ccc(NC(=O)C2CC2C)cc1S(=O)(=O)N1CCCCC1. The van der Waals surface area contributed by atoms with Gasteiger partial charge in [0, 0.05) is 24.7 Å². The van der Waals surface area contributed by atoms with E-state index in [1.165, 1.54) is 0 Å². The lowest BCUT2D eigenvalue weighted by atomic mass is 10.2. The fraction of sp³-hybridized carbons (Fsp3) is 0.588. The smallest absolute Gasteiger partial charge is 0.243 e. The molecule has 1 aliphatic carbocycles. The highest BCUT2D eigenvalue weighted by Crippen LogP contribution is 2.38. The Labute approximate surface area is 138 Å². The molecule has 2 aliphatic rings. The second-order valence-electron chi connectivity index (χ2n) is 6.75. The lowest BCUT2D eigenvalue weighted by Crippen LogP contribution is -2.36. The molecule has 1 aliphatic heterocycles. The van der Waals surface area contributed by atoms with Gasteiger partial charge in [-0.15, -0.1) is 0 Å². The predicted molar refractivity (Wildman–Crippen MR) is 89.7 cm³/mol. The van der Waals surface area contributed by atoms with E-state index in [1.54, 1.807) is 29.4 Å². The first-order chi connectivity index (χ1) is 10.9. The summed E-state index contributed by atoms with van der Waals surface area (Å²) in [5, 5.41) is 2.86. The number of aryl methyl sites for hydroxylation is 1. The van der Waals surface area contributed by atoms with Crippen molar-refractivity contribution in [3.63, 3.8) is 0 Å². The molecule has 126 valence electrons. The summed E-state index contributed by atoms with van der Waals surface area (Å²) >= 11 is 0. The number of hydrogen-bond donors (Lipinski definition) is 1. The Morgan fingerprint density at radius 2 is 1.87 bits per heavy atom. The van der Waals surface area contributed by atoms with Gasteiger partial charge >= 0.3 is 0 Å². The number of piperidine rings is 1. The summed E-state index contributed by atoms with van der Waals surface area (Å²) in [5.41, 5.74) is 1.28. The van der Waals surface area contributed by atoms with E-state index in [0.717, 1.165) is 25.7 Å². The number of carbonyl (C=O) groups excluding carboxylic acids is 1. The first-order valence-electron chi connectivity index (χ1n) is 8.31. The van der Waals surface area contributed by atoms with Gasteiger partial charge in [0.1, 0.15) is 0 Å². The van der Waals surface area contributed by atoms with Crippen LogP contribution in [0.3, 0.4) is 0 Å². The van der Waals surface area contributed by atoms with Crippen LogP contribution in [-0.2, 0) is 14.8 Å². The fourth-order valence-electron chi connectivity index (χ4n) is 3.12. The van der Waals surface area contributed by atoms with E-state index in [4.69, 9.17) is 0 Å². The van der Waals surface area contributed by atoms with Crippen LogP contribution in [0.15, 0.2) is 23.1 Å². The molecular weight excluding hydrogens is 312 g/mol. The van der Waals surface area contributed by atoms with Crippen molar-refractivity contribution in [3.05, 3.63) is 23.8 Å². The number of carbonyl (C=O) groups is 1. The highest BCUT2D eigenvalue weighted by atomic mass is 32.2. The van der Waals surface area contributed by atoms with Gasteiger partial charge in [-0.3, -0.25) is 4.79 Å². The van der Waals surface area contributed by atoms with Crippen LogP contribution < -0.4 is 5.32 Å². The molecule has 1 N–H and O–H groups in total. The van der Waals surface area contributed by atoms with Crippen LogP contribution in [0.5, 0.6) is 0 Å². The molecule has 2 atom stereocenters. The van der Waals surface area contributed by atoms with Crippen LogP contribution >= 0.6 is 0 Å². The highest BCUT2D eigenvalue weighted by molar-refractivity contribution is 7.89. The average molecular weight is 336 g/mol. The first kappa shape index (κ1) is 16.5. The molecule has 2 unspecified atom stereocenters. The second kappa shape index (κ2) is 6.24. The molecule has 1 saturated heterocycles. The minimum Gasteiger partial charge on any atom is -0.326 e. The number of benzene rings is 1. The normalized spacial score (nSPS) is 25.1. The second-order valence-corrected chi connectivity index (χ2v) is 8.66. The van der Waals surface area contributed by atoms with Crippen LogP contribution in [0.4, 0.5) is 5.69 Å². The van der Waals surface area contributed by atoms with Gasteiger partial charge in [-0.05, 0) is 49.8 Å². The van der Waals surface area contributed by atoms with E-state index in [-0.39, 0.29) is 11.8 Å². The molecule has 1 saturated carbocycles. The Hall–Kier alpha value is -1.40. The van der Waals surface area contributed by atoms with E-state index in [9.17, 15) is 13.2 Å². The van der Waals surface area contributed by atoms with Crippen molar-refractivity contribution in [3.8, 4) is 0 Å². The van der Waals surface area contributed by atoms with Crippen molar-refractivity contribution >= 4 is 21.6 Å². The van der Waals surface area contributed by atoms with Gasteiger partial charge in [-0.25, -0.2) is 8.42 Å². The highest BCUT2D eigenvalue weighted by Gasteiger charge is 2.39. The largest absolute Gasteiger partial charge is 0.326 e. The maximum atomic E-state index is 12.9.